The van der Waals surface area contributed by atoms with E-state index in [1.807, 2.05) is 9.80 Å². The summed E-state index contributed by atoms with van der Waals surface area (Å²) in [5.74, 6) is 0. The van der Waals surface area contributed by atoms with Gasteiger partial charge in [0, 0.05) is 50.5 Å². The molecule has 2 saturated carbocycles. The third kappa shape index (κ3) is 27.2. The highest BCUT2D eigenvalue weighted by molar-refractivity contribution is 5.89. The highest BCUT2D eigenvalue weighted by atomic mass is 16.6. The summed E-state index contributed by atoms with van der Waals surface area (Å²) in [4.78, 5) is 32.6. The zero-order valence-corrected chi connectivity index (χ0v) is 53.1. The number of aryl methyl sites for hydroxylation is 2. The Kier molecular flexibility index (Phi) is 36.1. The summed E-state index contributed by atoms with van der Waals surface area (Å²) in [6.07, 6.45) is 56.6. The molecule has 3 aliphatic rings. The molecule has 2 amide bonds. The molecular weight excluding hydrogens is 1000 g/mol. The summed E-state index contributed by atoms with van der Waals surface area (Å²) in [6, 6.07) is 17.5. The maximum atomic E-state index is 14.5. The van der Waals surface area contributed by atoms with Crippen molar-refractivity contribution in [2.75, 3.05) is 36.0 Å². The Hall–Kier alpha value is -3.14. The molecule has 462 valence electrons. The van der Waals surface area contributed by atoms with E-state index in [0.717, 1.165) is 75.7 Å². The third-order valence-electron chi connectivity index (χ3n) is 18.2. The summed E-state index contributed by atoms with van der Waals surface area (Å²) in [6.45, 7) is 11.3. The minimum absolute atomic E-state index is 0.0185. The second kappa shape index (κ2) is 42.6. The average Bonchev–Trinajstić information content (AvgIpc) is 3.09. The lowest BCUT2D eigenvalue weighted by molar-refractivity contribution is -0.0682. The SMILES string of the molecule is CCCCCCCCCCCCCCCCCCN(C(=O)OC1CC1N(CCCCO)N1C2CC21OC(=O)N(CCCCCCCCCCCCCCCCCC)c1ccc(CCCCCC)cc1)c1ccc(CCCCCC)cc1. The molecule has 1 heterocycles. The topological polar surface area (TPSA) is 85.6 Å². The number of carbonyl (C=O) groups is 2. The number of hydrazine groups is 1. The van der Waals surface area contributed by atoms with Gasteiger partial charge in [-0.1, -0.05) is 283 Å². The minimum Gasteiger partial charge on any atom is -0.444 e. The fraction of sp³-hybridized carbons (Fsp3) is 0.806. The lowest BCUT2D eigenvalue weighted by atomic mass is 10.0. The van der Waals surface area contributed by atoms with Crippen LogP contribution in [0.4, 0.5) is 21.0 Å². The molecule has 81 heavy (non-hydrogen) atoms. The maximum Gasteiger partial charge on any atom is 0.416 e. The Morgan fingerprint density at radius 3 is 1.14 bits per heavy atom. The Morgan fingerprint density at radius 2 is 0.778 bits per heavy atom. The van der Waals surface area contributed by atoms with Crippen LogP contribution in [0.1, 0.15) is 321 Å². The van der Waals surface area contributed by atoms with Crippen LogP contribution in [0.5, 0.6) is 0 Å². The number of anilines is 2. The summed E-state index contributed by atoms with van der Waals surface area (Å²) in [5, 5.41) is 14.4. The smallest absolute Gasteiger partial charge is 0.416 e. The van der Waals surface area contributed by atoms with Crippen molar-refractivity contribution in [3.8, 4) is 0 Å². The molecule has 5 atom stereocenters. The number of nitrogens with zero attached hydrogens (tertiary/aromatic N) is 4. The van der Waals surface area contributed by atoms with E-state index in [0.29, 0.717) is 19.5 Å². The van der Waals surface area contributed by atoms with E-state index in [1.165, 1.54) is 242 Å². The van der Waals surface area contributed by atoms with Gasteiger partial charge in [0.15, 0.2) is 5.72 Å². The molecule has 2 aromatic carbocycles. The molecule has 5 rings (SSSR count). The van der Waals surface area contributed by atoms with Crippen LogP contribution in [-0.2, 0) is 22.3 Å². The Bertz CT molecular complexity index is 1880. The summed E-state index contributed by atoms with van der Waals surface area (Å²) in [7, 11) is 0. The number of carbonyl (C=O) groups excluding carboxylic acids is 2. The van der Waals surface area contributed by atoms with Crippen molar-refractivity contribution in [3.63, 3.8) is 0 Å². The van der Waals surface area contributed by atoms with Crippen LogP contribution in [-0.4, -0.2) is 77.5 Å². The van der Waals surface area contributed by atoms with Gasteiger partial charge in [0.1, 0.15) is 6.10 Å². The molecule has 5 unspecified atom stereocenters. The van der Waals surface area contributed by atoms with Gasteiger partial charge in [0.2, 0.25) is 0 Å². The molecule has 2 aromatic rings. The summed E-state index contributed by atoms with van der Waals surface area (Å²) < 4.78 is 13.0. The van der Waals surface area contributed by atoms with Gasteiger partial charge in [-0.05, 0) is 86.8 Å². The number of hydrogen-bond donors (Lipinski definition) is 1. The van der Waals surface area contributed by atoms with Gasteiger partial charge in [0.25, 0.3) is 0 Å². The zero-order chi connectivity index (χ0) is 57.4. The van der Waals surface area contributed by atoms with E-state index in [4.69, 9.17) is 9.47 Å². The molecule has 9 heteroatoms. The van der Waals surface area contributed by atoms with Crippen molar-refractivity contribution in [1.82, 2.24) is 10.0 Å². The second-order valence-electron chi connectivity index (χ2n) is 25.5. The summed E-state index contributed by atoms with van der Waals surface area (Å²) in [5.41, 5.74) is 3.84. The van der Waals surface area contributed by atoms with Gasteiger partial charge >= 0.3 is 12.2 Å². The van der Waals surface area contributed by atoms with Gasteiger partial charge in [0.05, 0.1) is 12.1 Å². The average molecular weight is 1130 g/mol. The highest BCUT2D eigenvalue weighted by Gasteiger charge is 2.85. The fourth-order valence-electron chi connectivity index (χ4n) is 12.5. The van der Waals surface area contributed by atoms with E-state index in [2.05, 4.69) is 86.2 Å². The Balaban J connectivity index is 1.11. The lowest BCUT2D eigenvalue weighted by Gasteiger charge is -2.31. The number of hydrogen-bond acceptors (Lipinski definition) is 7. The van der Waals surface area contributed by atoms with Crippen LogP contribution in [0.25, 0.3) is 0 Å². The lowest BCUT2D eigenvalue weighted by Crippen LogP contribution is -2.45. The normalized spacial score (nSPS) is 18.7. The molecule has 0 spiro atoms. The van der Waals surface area contributed by atoms with E-state index in [-0.39, 0.29) is 37.0 Å². The third-order valence-corrected chi connectivity index (χ3v) is 18.2. The van der Waals surface area contributed by atoms with Crippen LogP contribution in [0, 0.1) is 0 Å². The van der Waals surface area contributed by atoms with E-state index in [9.17, 15) is 14.7 Å². The molecule has 1 N–H and O–H groups in total. The second-order valence-corrected chi connectivity index (χ2v) is 25.5. The fourth-order valence-corrected chi connectivity index (χ4v) is 12.5. The minimum atomic E-state index is -0.642. The predicted molar refractivity (Wildman–Crippen MR) is 344 cm³/mol. The molecule has 9 nitrogen and oxygen atoms in total. The van der Waals surface area contributed by atoms with Gasteiger partial charge in [-0.2, -0.15) is 5.01 Å². The molecule has 0 radical (unpaired) electrons. The van der Waals surface area contributed by atoms with Gasteiger partial charge in [-0.15, -0.1) is 0 Å². The van der Waals surface area contributed by atoms with Crippen LogP contribution in [0.3, 0.4) is 0 Å². The van der Waals surface area contributed by atoms with Crippen molar-refractivity contribution in [2.24, 2.45) is 0 Å². The highest BCUT2D eigenvalue weighted by Crippen LogP contribution is 2.66. The first kappa shape index (κ1) is 68.6. The maximum absolute atomic E-state index is 14.5. The van der Waals surface area contributed by atoms with Crippen LogP contribution in [0.15, 0.2) is 48.5 Å². The molecular formula is C72H124N4O5. The number of aliphatic hydroxyl groups excluding tert-OH is 1. The first-order chi connectivity index (χ1) is 39.9. The largest absolute Gasteiger partial charge is 0.444 e. The standard InChI is InChI=1S/C72H124N4O5/c1-5-9-13-17-19-21-23-25-27-29-31-33-35-37-39-43-57-73(65-53-49-63(50-54-65)47-41-15-11-7-3)70(78)80-68-61-67(68)75(59-45-46-60-77)76-69-62-72(69,76)81-71(79)74(66-55-51-64(52-56-66)48-42-16-12-8-4)58-44-40-38-36-34-32-30-28-26-24-22-20-18-14-10-6-2/h49-56,67-69,77H,5-48,57-62H2,1-4H3. The first-order valence-electron chi connectivity index (χ1n) is 35.2. The van der Waals surface area contributed by atoms with Crippen molar-refractivity contribution in [1.29, 1.82) is 0 Å². The monoisotopic (exact) mass is 1120 g/mol. The molecule has 3 fully saturated rings. The number of benzene rings is 2. The van der Waals surface area contributed by atoms with Crippen LogP contribution < -0.4 is 9.80 Å². The molecule has 0 aromatic heterocycles. The predicted octanol–water partition coefficient (Wildman–Crippen LogP) is 21.0. The number of aliphatic hydroxyl groups is 1. The van der Waals surface area contributed by atoms with Crippen LogP contribution >= 0.6 is 0 Å². The van der Waals surface area contributed by atoms with E-state index >= 15 is 0 Å². The molecule has 1 aliphatic heterocycles. The molecule has 1 saturated heterocycles. The van der Waals surface area contributed by atoms with E-state index < -0.39 is 5.72 Å². The van der Waals surface area contributed by atoms with Crippen molar-refractivity contribution in [3.05, 3.63) is 59.7 Å². The first-order valence-corrected chi connectivity index (χ1v) is 35.2. The Morgan fingerprint density at radius 1 is 0.444 bits per heavy atom. The molecule has 0 bridgehead atoms. The number of ether oxygens (including phenoxy) is 2. The zero-order valence-electron chi connectivity index (χ0n) is 53.1. The number of unbranched alkanes of at least 4 members (excludes halogenated alkanes) is 37. The number of amides is 2. The number of fused-ring (bicyclic) bond motifs is 1. The van der Waals surface area contributed by atoms with E-state index in [1.54, 1.807) is 0 Å². The van der Waals surface area contributed by atoms with Crippen LogP contribution in [0.2, 0.25) is 0 Å². The van der Waals surface area contributed by atoms with Crippen molar-refractivity contribution < 1.29 is 24.2 Å². The number of rotatable bonds is 54. The van der Waals surface area contributed by atoms with Gasteiger partial charge in [-0.25, -0.2) is 14.6 Å². The molecule has 2 aliphatic carbocycles. The Labute approximate surface area is 498 Å². The van der Waals surface area contributed by atoms with Gasteiger partial charge in [-0.3, -0.25) is 9.80 Å². The quantitative estimate of drug-likeness (QED) is 0.0522. The summed E-state index contributed by atoms with van der Waals surface area (Å²) >= 11 is 0. The van der Waals surface area contributed by atoms with Crippen molar-refractivity contribution in [2.45, 2.75) is 347 Å². The van der Waals surface area contributed by atoms with Gasteiger partial charge < -0.3 is 14.6 Å². The van der Waals surface area contributed by atoms with Crippen molar-refractivity contribution >= 4 is 23.6 Å².